The van der Waals surface area contributed by atoms with Crippen LogP contribution in [-0.4, -0.2) is 61.7 Å². The molecule has 106 valence electrons. The van der Waals surface area contributed by atoms with Crippen molar-refractivity contribution in [2.45, 2.75) is 51.7 Å². The quantitative estimate of drug-likeness (QED) is 0.776. The lowest BCUT2D eigenvalue weighted by atomic mass is 10.0. The maximum Gasteiger partial charge on any atom is 0.0254 e. The molecule has 1 aliphatic heterocycles. The summed E-state index contributed by atoms with van der Waals surface area (Å²) in [5.41, 5.74) is 0. The normalized spacial score (nSPS) is 33.0. The summed E-state index contributed by atoms with van der Waals surface area (Å²) in [7, 11) is 4.43. The fraction of sp³-hybridized carbons (Fsp3) is 1.00. The fourth-order valence-corrected chi connectivity index (χ4v) is 3.16. The Labute approximate surface area is 113 Å². The molecular formula is C15H31N3. The fourth-order valence-electron chi connectivity index (χ4n) is 3.16. The summed E-state index contributed by atoms with van der Waals surface area (Å²) in [6, 6.07) is 2.27. The molecule has 0 aromatic heterocycles. The zero-order valence-corrected chi connectivity index (χ0v) is 12.8. The van der Waals surface area contributed by atoms with E-state index >= 15 is 0 Å². The molecule has 4 unspecified atom stereocenters. The molecule has 1 saturated heterocycles. The summed E-state index contributed by atoms with van der Waals surface area (Å²) in [4.78, 5) is 5.08. The predicted octanol–water partition coefficient (Wildman–Crippen LogP) is 1.64. The third-order valence-electron chi connectivity index (χ3n) is 4.97. The first-order valence-corrected chi connectivity index (χ1v) is 7.63. The van der Waals surface area contributed by atoms with Crippen molar-refractivity contribution < 1.29 is 0 Å². The number of nitrogens with one attached hydrogen (secondary N) is 1. The minimum atomic E-state index is 0.698. The van der Waals surface area contributed by atoms with Crippen molar-refractivity contribution in [3.8, 4) is 0 Å². The van der Waals surface area contributed by atoms with Crippen LogP contribution >= 0.6 is 0 Å². The van der Waals surface area contributed by atoms with Gasteiger partial charge in [0.2, 0.25) is 0 Å². The van der Waals surface area contributed by atoms with Crippen LogP contribution in [0.5, 0.6) is 0 Å². The van der Waals surface area contributed by atoms with E-state index in [0.717, 1.165) is 23.9 Å². The van der Waals surface area contributed by atoms with Gasteiger partial charge in [-0.3, -0.25) is 4.90 Å². The van der Waals surface area contributed by atoms with Crippen LogP contribution < -0.4 is 5.32 Å². The van der Waals surface area contributed by atoms with Crippen LogP contribution in [-0.2, 0) is 0 Å². The molecule has 1 saturated carbocycles. The summed E-state index contributed by atoms with van der Waals surface area (Å²) in [6.45, 7) is 10.9. The van der Waals surface area contributed by atoms with Gasteiger partial charge in [-0.05, 0) is 52.2 Å². The first-order chi connectivity index (χ1) is 8.49. The minimum Gasteiger partial charge on any atom is -0.314 e. The average molecular weight is 253 g/mol. The molecule has 1 N–H and O–H groups in total. The van der Waals surface area contributed by atoms with Crippen LogP contribution in [0.15, 0.2) is 0 Å². The molecule has 2 rings (SSSR count). The van der Waals surface area contributed by atoms with E-state index in [4.69, 9.17) is 0 Å². The Morgan fingerprint density at radius 3 is 2.39 bits per heavy atom. The SMILES string of the molecule is CC1CN(C(C)C(C)CNC2CC2)CC1N(C)C. The Bertz CT molecular complexity index is 262. The lowest BCUT2D eigenvalue weighted by molar-refractivity contribution is 0.179. The van der Waals surface area contributed by atoms with Crippen LogP contribution in [0.1, 0.15) is 33.6 Å². The Kier molecular flexibility index (Phi) is 4.68. The first kappa shape index (κ1) is 14.3. The summed E-state index contributed by atoms with van der Waals surface area (Å²) in [6.07, 6.45) is 2.79. The largest absolute Gasteiger partial charge is 0.314 e. The standard InChI is InChI=1S/C15H31N3/c1-11(8-16-14-6-7-14)13(3)18-9-12(2)15(10-18)17(4)5/h11-16H,6-10H2,1-5H3. The average Bonchev–Trinajstić information content (AvgIpc) is 3.06. The molecule has 0 bridgehead atoms. The van der Waals surface area contributed by atoms with Gasteiger partial charge in [-0.25, -0.2) is 0 Å². The van der Waals surface area contributed by atoms with E-state index < -0.39 is 0 Å². The highest BCUT2D eigenvalue weighted by Gasteiger charge is 2.35. The zero-order chi connectivity index (χ0) is 13.3. The van der Waals surface area contributed by atoms with Gasteiger partial charge < -0.3 is 10.2 Å². The van der Waals surface area contributed by atoms with Gasteiger partial charge in [-0.1, -0.05) is 13.8 Å². The van der Waals surface area contributed by atoms with Gasteiger partial charge in [0, 0.05) is 31.2 Å². The highest BCUT2D eigenvalue weighted by molar-refractivity contribution is 4.91. The molecule has 0 aromatic carbocycles. The van der Waals surface area contributed by atoms with Gasteiger partial charge in [-0.2, -0.15) is 0 Å². The molecule has 1 aliphatic carbocycles. The molecule has 3 nitrogen and oxygen atoms in total. The minimum absolute atomic E-state index is 0.698. The molecule has 0 spiro atoms. The van der Waals surface area contributed by atoms with Crippen molar-refractivity contribution in [1.29, 1.82) is 0 Å². The van der Waals surface area contributed by atoms with Gasteiger partial charge in [-0.15, -0.1) is 0 Å². The molecule has 3 heteroatoms. The molecule has 18 heavy (non-hydrogen) atoms. The second-order valence-electron chi connectivity index (χ2n) is 6.86. The smallest absolute Gasteiger partial charge is 0.0254 e. The van der Waals surface area contributed by atoms with E-state index in [2.05, 4.69) is 50.0 Å². The highest BCUT2D eigenvalue weighted by atomic mass is 15.3. The van der Waals surface area contributed by atoms with Crippen molar-refractivity contribution in [1.82, 2.24) is 15.1 Å². The number of hydrogen-bond donors (Lipinski definition) is 1. The maximum absolute atomic E-state index is 3.67. The van der Waals surface area contributed by atoms with Crippen LogP contribution in [0.2, 0.25) is 0 Å². The number of nitrogens with zero attached hydrogens (tertiary/aromatic N) is 2. The monoisotopic (exact) mass is 253 g/mol. The first-order valence-electron chi connectivity index (χ1n) is 7.63. The summed E-state index contributed by atoms with van der Waals surface area (Å²) >= 11 is 0. The maximum atomic E-state index is 3.67. The summed E-state index contributed by atoms with van der Waals surface area (Å²) in [5.74, 6) is 1.55. The number of hydrogen-bond acceptors (Lipinski definition) is 3. The molecule has 4 atom stereocenters. The predicted molar refractivity (Wildman–Crippen MR) is 77.9 cm³/mol. The van der Waals surface area contributed by atoms with E-state index in [1.807, 2.05) is 0 Å². The number of likely N-dealkylation sites (N-methyl/N-ethyl adjacent to an activating group) is 1. The molecule has 0 amide bonds. The zero-order valence-electron chi connectivity index (χ0n) is 12.8. The lowest BCUT2D eigenvalue weighted by Crippen LogP contribution is -2.42. The second-order valence-corrected chi connectivity index (χ2v) is 6.86. The van der Waals surface area contributed by atoms with E-state index in [-0.39, 0.29) is 0 Å². The number of likely N-dealkylation sites (tertiary alicyclic amines) is 1. The molecule has 1 heterocycles. The van der Waals surface area contributed by atoms with Gasteiger partial charge >= 0.3 is 0 Å². The molecule has 2 fully saturated rings. The van der Waals surface area contributed by atoms with Gasteiger partial charge in [0.05, 0.1) is 0 Å². The molecular weight excluding hydrogens is 222 g/mol. The van der Waals surface area contributed by atoms with E-state index in [9.17, 15) is 0 Å². The second kappa shape index (κ2) is 5.89. The molecule has 0 radical (unpaired) electrons. The van der Waals surface area contributed by atoms with Gasteiger partial charge in [0.15, 0.2) is 0 Å². The number of rotatable bonds is 6. The van der Waals surface area contributed by atoms with Gasteiger partial charge in [0.1, 0.15) is 0 Å². The van der Waals surface area contributed by atoms with Crippen molar-refractivity contribution in [2.24, 2.45) is 11.8 Å². The summed E-state index contributed by atoms with van der Waals surface area (Å²) in [5, 5.41) is 3.67. The Balaban J connectivity index is 1.79. The van der Waals surface area contributed by atoms with Crippen LogP contribution in [0, 0.1) is 11.8 Å². The van der Waals surface area contributed by atoms with Gasteiger partial charge in [0.25, 0.3) is 0 Å². The van der Waals surface area contributed by atoms with E-state index in [0.29, 0.717) is 6.04 Å². The van der Waals surface area contributed by atoms with E-state index in [1.54, 1.807) is 0 Å². The van der Waals surface area contributed by atoms with Crippen molar-refractivity contribution in [3.63, 3.8) is 0 Å². The highest BCUT2D eigenvalue weighted by Crippen LogP contribution is 2.25. The third-order valence-corrected chi connectivity index (χ3v) is 4.97. The topological polar surface area (TPSA) is 18.5 Å². The van der Waals surface area contributed by atoms with Crippen molar-refractivity contribution in [2.75, 3.05) is 33.7 Å². The lowest BCUT2D eigenvalue weighted by Gasteiger charge is -2.30. The van der Waals surface area contributed by atoms with Crippen LogP contribution in [0.25, 0.3) is 0 Å². The third kappa shape index (κ3) is 3.46. The van der Waals surface area contributed by atoms with Crippen LogP contribution in [0.3, 0.4) is 0 Å². The Morgan fingerprint density at radius 2 is 1.89 bits per heavy atom. The molecule has 2 aliphatic rings. The Morgan fingerprint density at radius 1 is 1.22 bits per heavy atom. The van der Waals surface area contributed by atoms with Crippen LogP contribution in [0.4, 0.5) is 0 Å². The van der Waals surface area contributed by atoms with Crippen molar-refractivity contribution >= 4 is 0 Å². The van der Waals surface area contributed by atoms with E-state index in [1.165, 1.54) is 32.5 Å². The molecule has 0 aromatic rings. The Hall–Kier alpha value is -0.120. The summed E-state index contributed by atoms with van der Waals surface area (Å²) < 4.78 is 0. The van der Waals surface area contributed by atoms with Crippen molar-refractivity contribution in [3.05, 3.63) is 0 Å².